The molecule has 2 heterocycles. The van der Waals surface area contributed by atoms with Crippen LogP contribution in [0, 0.1) is 0 Å². The number of nitrogens with zero attached hydrogens (tertiary/aromatic N) is 2. The second kappa shape index (κ2) is 4.44. The third-order valence-electron chi connectivity index (χ3n) is 2.86. The molecule has 0 amide bonds. The number of hydrogen-bond acceptors (Lipinski definition) is 2. The van der Waals surface area contributed by atoms with E-state index in [1.165, 1.54) is 3.97 Å². The van der Waals surface area contributed by atoms with Crippen LogP contribution in [0.3, 0.4) is 0 Å². The zero-order valence-corrected chi connectivity index (χ0v) is 10.9. The summed E-state index contributed by atoms with van der Waals surface area (Å²) in [6, 6.07) is 15.6. The summed E-state index contributed by atoms with van der Waals surface area (Å²) in [7, 11) is -3.56. The lowest BCUT2D eigenvalue weighted by molar-refractivity contribution is 0.586. The molecule has 96 valence electrons. The summed E-state index contributed by atoms with van der Waals surface area (Å²) in [5.74, 6) is 0.592. The normalized spacial score (nSPS) is 11.6. The molecular formula is C14H12N2O2S. The summed E-state index contributed by atoms with van der Waals surface area (Å²) in [6.07, 6.45) is 5.18. The Morgan fingerprint density at radius 3 is 2.11 bits per heavy atom. The van der Waals surface area contributed by atoms with Crippen LogP contribution in [0.2, 0.25) is 0 Å². The average Bonchev–Trinajstić information content (AvgIpc) is 3.10. The zero-order chi connectivity index (χ0) is 13.3. The summed E-state index contributed by atoms with van der Waals surface area (Å²) >= 11 is 0. The van der Waals surface area contributed by atoms with Crippen molar-refractivity contribution in [1.82, 2.24) is 8.54 Å². The lowest BCUT2D eigenvalue weighted by Crippen LogP contribution is -2.15. The molecule has 3 rings (SSSR count). The number of aromatic nitrogens is 2. The summed E-state index contributed by atoms with van der Waals surface area (Å²) < 4.78 is 28.2. The third-order valence-corrected chi connectivity index (χ3v) is 4.56. The van der Waals surface area contributed by atoms with Crippen molar-refractivity contribution in [3.63, 3.8) is 0 Å². The van der Waals surface area contributed by atoms with Gasteiger partial charge in [-0.05, 0) is 36.4 Å². The van der Waals surface area contributed by atoms with E-state index in [1.807, 2.05) is 24.5 Å². The van der Waals surface area contributed by atoms with Gasteiger partial charge in [0.05, 0.1) is 4.90 Å². The SMILES string of the molecule is O=S(=O)(c1ccccc1)n1cccc1-n1cccc1. The molecule has 0 radical (unpaired) electrons. The minimum absolute atomic E-state index is 0.277. The van der Waals surface area contributed by atoms with Gasteiger partial charge in [0.1, 0.15) is 5.82 Å². The molecule has 3 aromatic rings. The van der Waals surface area contributed by atoms with Crippen molar-refractivity contribution in [2.45, 2.75) is 4.90 Å². The molecule has 1 aromatic carbocycles. The maximum absolute atomic E-state index is 12.6. The minimum atomic E-state index is -3.56. The van der Waals surface area contributed by atoms with Crippen molar-refractivity contribution in [3.8, 4) is 5.82 Å². The van der Waals surface area contributed by atoms with Gasteiger partial charge in [0.2, 0.25) is 0 Å². The summed E-state index contributed by atoms with van der Waals surface area (Å²) in [5, 5.41) is 0. The van der Waals surface area contributed by atoms with Crippen LogP contribution in [-0.2, 0) is 10.0 Å². The molecule has 0 spiro atoms. The lowest BCUT2D eigenvalue weighted by atomic mass is 10.4. The van der Waals surface area contributed by atoms with E-state index in [4.69, 9.17) is 0 Å². The molecule has 19 heavy (non-hydrogen) atoms. The number of hydrogen-bond donors (Lipinski definition) is 0. The molecule has 0 aliphatic heterocycles. The first-order valence-corrected chi connectivity index (χ1v) is 7.25. The van der Waals surface area contributed by atoms with Gasteiger partial charge in [0, 0.05) is 18.6 Å². The van der Waals surface area contributed by atoms with E-state index < -0.39 is 10.0 Å². The quantitative estimate of drug-likeness (QED) is 0.735. The van der Waals surface area contributed by atoms with E-state index >= 15 is 0 Å². The fourth-order valence-electron chi connectivity index (χ4n) is 1.95. The average molecular weight is 272 g/mol. The van der Waals surface area contributed by atoms with Crippen LogP contribution in [0.15, 0.2) is 78.1 Å². The maximum Gasteiger partial charge on any atom is 0.269 e. The monoisotopic (exact) mass is 272 g/mol. The van der Waals surface area contributed by atoms with Crippen LogP contribution in [0.25, 0.3) is 5.82 Å². The van der Waals surface area contributed by atoms with Crippen LogP contribution in [0.1, 0.15) is 0 Å². The number of rotatable bonds is 3. The Labute approximate surface area is 111 Å². The predicted octanol–water partition coefficient (Wildman–Crippen LogP) is 2.52. The second-order valence-electron chi connectivity index (χ2n) is 4.07. The van der Waals surface area contributed by atoms with Gasteiger partial charge in [-0.2, -0.15) is 0 Å². The Kier molecular flexibility index (Phi) is 2.76. The van der Waals surface area contributed by atoms with Crippen LogP contribution in [-0.4, -0.2) is 17.0 Å². The van der Waals surface area contributed by atoms with E-state index in [9.17, 15) is 8.42 Å². The second-order valence-corrected chi connectivity index (χ2v) is 5.89. The first-order valence-electron chi connectivity index (χ1n) is 5.81. The summed E-state index contributed by atoms with van der Waals surface area (Å²) in [5.41, 5.74) is 0. The van der Waals surface area contributed by atoms with E-state index in [1.54, 1.807) is 53.2 Å². The van der Waals surface area contributed by atoms with Gasteiger partial charge in [0.15, 0.2) is 0 Å². The lowest BCUT2D eigenvalue weighted by Gasteiger charge is -2.11. The van der Waals surface area contributed by atoms with E-state index in [2.05, 4.69) is 0 Å². The summed E-state index contributed by atoms with van der Waals surface area (Å²) in [4.78, 5) is 0.277. The largest absolute Gasteiger partial charge is 0.309 e. The van der Waals surface area contributed by atoms with E-state index in [-0.39, 0.29) is 4.90 Å². The molecular weight excluding hydrogens is 260 g/mol. The summed E-state index contributed by atoms with van der Waals surface area (Å²) in [6.45, 7) is 0. The molecule has 0 aliphatic carbocycles. The van der Waals surface area contributed by atoms with Crippen LogP contribution in [0.5, 0.6) is 0 Å². The smallest absolute Gasteiger partial charge is 0.269 e. The molecule has 0 unspecified atom stereocenters. The van der Waals surface area contributed by atoms with Crippen LogP contribution >= 0.6 is 0 Å². The molecule has 0 saturated carbocycles. The van der Waals surface area contributed by atoms with Crippen LogP contribution in [0.4, 0.5) is 0 Å². The topological polar surface area (TPSA) is 44.0 Å². The first kappa shape index (κ1) is 11.8. The molecule has 5 heteroatoms. The fourth-order valence-corrected chi connectivity index (χ4v) is 3.31. The molecule has 0 atom stereocenters. The van der Waals surface area contributed by atoms with Gasteiger partial charge in [0.25, 0.3) is 10.0 Å². The molecule has 4 nitrogen and oxygen atoms in total. The van der Waals surface area contributed by atoms with E-state index in [0.29, 0.717) is 5.82 Å². The zero-order valence-electron chi connectivity index (χ0n) is 10.0. The predicted molar refractivity (Wildman–Crippen MR) is 72.8 cm³/mol. The Morgan fingerprint density at radius 2 is 1.42 bits per heavy atom. The Hall–Kier alpha value is -2.27. The van der Waals surface area contributed by atoms with Gasteiger partial charge in [-0.3, -0.25) is 0 Å². The van der Waals surface area contributed by atoms with Gasteiger partial charge >= 0.3 is 0 Å². The Balaban J connectivity index is 2.17. The Morgan fingerprint density at radius 1 is 0.737 bits per heavy atom. The standard InChI is InChI=1S/C14H12N2O2S/c17-19(18,13-7-2-1-3-8-13)16-12-6-9-14(16)15-10-4-5-11-15/h1-12H. The van der Waals surface area contributed by atoms with Gasteiger partial charge in [-0.1, -0.05) is 18.2 Å². The van der Waals surface area contributed by atoms with E-state index in [0.717, 1.165) is 0 Å². The van der Waals surface area contributed by atoms with Crippen molar-refractivity contribution in [1.29, 1.82) is 0 Å². The highest BCUT2D eigenvalue weighted by atomic mass is 32.2. The molecule has 0 bridgehead atoms. The van der Waals surface area contributed by atoms with Crippen LogP contribution < -0.4 is 0 Å². The van der Waals surface area contributed by atoms with Crippen molar-refractivity contribution in [2.75, 3.05) is 0 Å². The van der Waals surface area contributed by atoms with Gasteiger partial charge in [-0.15, -0.1) is 0 Å². The molecule has 2 aromatic heterocycles. The number of benzene rings is 1. The molecule has 0 N–H and O–H groups in total. The van der Waals surface area contributed by atoms with Crippen molar-refractivity contribution < 1.29 is 8.42 Å². The molecule has 0 aliphatic rings. The Bertz CT molecular complexity index is 772. The fraction of sp³-hybridized carbons (Fsp3) is 0. The highest BCUT2D eigenvalue weighted by Crippen LogP contribution is 2.18. The highest BCUT2D eigenvalue weighted by Gasteiger charge is 2.19. The van der Waals surface area contributed by atoms with Gasteiger partial charge in [-0.25, -0.2) is 12.4 Å². The van der Waals surface area contributed by atoms with Crippen molar-refractivity contribution in [3.05, 3.63) is 73.2 Å². The van der Waals surface area contributed by atoms with Gasteiger partial charge < -0.3 is 4.57 Å². The third kappa shape index (κ3) is 1.98. The molecule has 0 fully saturated rings. The first-order chi connectivity index (χ1) is 9.19. The highest BCUT2D eigenvalue weighted by molar-refractivity contribution is 7.90. The molecule has 0 saturated heterocycles. The van der Waals surface area contributed by atoms with Crippen molar-refractivity contribution in [2.24, 2.45) is 0 Å². The minimum Gasteiger partial charge on any atom is -0.309 e. The van der Waals surface area contributed by atoms with Crippen molar-refractivity contribution >= 4 is 10.0 Å². The maximum atomic E-state index is 12.6.